The molecule has 5 heteroatoms. The normalized spacial score (nSPS) is 24.8. The Balaban J connectivity index is 1.85. The number of carbonyl (C=O) groups is 2. The zero-order chi connectivity index (χ0) is 14.1. The zero-order valence-corrected chi connectivity index (χ0v) is 11.3. The highest BCUT2D eigenvalue weighted by atomic mass is 16.5. The summed E-state index contributed by atoms with van der Waals surface area (Å²) in [4.78, 5) is 23.9. The molecule has 2 atom stereocenters. The van der Waals surface area contributed by atoms with Crippen LogP contribution in [-0.4, -0.2) is 31.0 Å². The van der Waals surface area contributed by atoms with E-state index in [1.54, 1.807) is 18.2 Å². The number of fused-ring (bicyclic) bond motifs is 1. The number of rotatable bonds is 3. The molecule has 2 aliphatic rings. The quantitative estimate of drug-likeness (QED) is 0.857. The maximum absolute atomic E-state index is 12.6. The lowest BCUT2D eigenvalue weighted by molar-refractivity contribution is -0.118. The van der Waals surface area contributed by atoms with Crippen molar-refractivity contribution >= 4 is 17.4 Å². The second-order valence-electron chi connectivity index (χ2n) is 5.12. The van der Waals surface area contributed by atoms with Gasteiger partial charge < -0.3 is 14.8 Å². The minimum atomic E-state index is -0.197. The Morgan fingerprint density at radius 3 is 3.10 bits per heavy atom. The predicted octanol–water partition coefficient (Wildman–Crippen LogP) is 2.02. The first-order valence-corrected chi connectivity index (χ1v) is 6.91. The molecule has 1 aromatic rings. The van der Waals surface area contributed by atoms with Gasteiger partial charge in [0.2, 0.25) is 0 Å². The molecule has 0 saturated carbocycles. The first-order chi connectivity index (χ1) is 9.69. The van der Waals surface area contributed by atoms with Crippen LogP contribution >= 0.6 is 0 Å². The van der Waals surface area contributed by atoms with Gasteiger partial charge in [0.15, 0.2) is 12.4 Å². The number of benzene rings is 1. The van der Waals surface area contributed by atoms with Crippen LogP contribution in [0.5, 0.6) is 5.75 Å². The third-order valence-electron chi connectivity index (χ3n) is 3.85. The van der Waals surface area contributed by atoms with E-state index in [4.69, 9.17) is 9.47 Å². The van der Waals surface area contributed by atoms with Crippen LogP contribution in [-0.2, 0) is 9.53 Å². The van der Waals surface area contributed by atoms with Crippen molar-refractivity contribution in [1.82, 2.24) is 0 Å². The lowest BCUT2D eigenvalue weighted by atomic mass is 9.90. The summed E-state index contributed by atoms with van der Waals surface area (Å²) in [5.41, 5.74) is 1.17. The summed E-state index contributed by atoms with van der Waals surface area (Å²) in [6, 6.07) is 5.18. The third kappa shape index (κ3) is 2.29. The van der Waals surface area contributed by atoms with Crippen molar-refractivity contribution in [2.45, 2.75) is 25.9 Å². The summed E-state index contributed by atoms with van der Waals surface area (Å²) in [7, 11) is 0. The van der Waals surface area contributed by atoms with Crippen molar-refractivity contribution in [2.24, 2.45) is 5.92 Å². The van der Waals surface area contributed by atoms with Gasteiger partial charge in [0.25, 0.3) is 5.91 Å². The second kappa shape index (κ2) is 5.25. The molecule has 0 bridgehead atoms. The Morgan fingerprint density at radius 2 is 2.30 bits per heavy atom. The van der Waals surface area contributed by atoms with Crippen molar-refractivity contribution in [3.05, 3.63) is 23.8 Å². The maximum Gasteiger partial charge on any atom is 0.262 e. The molecule has 0 radical (unpaired) electrons. The molecule has 20 heavy (non-hydrogen) atoms. The molecule has 2 heterocycles. The van der Waals surface area contributed by atoms with Gasteiger partial charge in [0.05, 0.1) is 17.7 Å². The van der Waals surface area contributed by atoms with Gasteiger partial charge in [0, 0.05) is 12.2 Å². The lowest BCUT2D eigenvalue weighted by Crippen LogP contribution is -2.27. The topological polar surface area (TPSA) is 64.6 Å². The largest absolute Gasteiger partial charge is 0.482 e. The average molecular weight is 275 g/mol. The fraction of sp³-hybridized carbons (Fsp3) is 0.467. The Hall–Kier alpha value is -1.88. The molecule has 2 unspecified atom stereocenters. The third-order valence-corrected chi connectivity index (χ3v) is 3.85. The summed E-state index contributed by atoms with van der Waals surface area (Å²) in [6.07, 6.45) is 1.60. The van der Waals surface area contributed by atoms with Crippen molar-refractivity contribution in [2.75, 3.05) is 18.5 Å². The molecule has 2 aliphatic heterocycles. The van der Waals surface area contributed by atoms with E-state index in [9.17, 15) is 9.59 Å². The van der Waals surface area contributed by atoms with Crippen LogP contribution in [0.15, 0.2) is 18.2 Å². The van der Waals surface area contributed by atoms with Gasteiger partial charge in [-0.1, -0.05) is 6.92 Å². The number of Topliss-reactive ketones (excluding diaryl/α,β-unsaturated/α-hetero) is 1. The number of ketones is 1. The smallest absolute Gasteiger partial charge is 0.262 e. The highest BCUT2D eigenvalue weighted by Crippen LogP contribution is 2.32. The molecular formula is C15H17NO4. The number of ether oxygens (including phenoxy) is 2. The molecule has 1 aromatic carbocycles. The highest BCUT2D eigenvalue weighted by molar-refractivity contribution is 6.02. The molecule has 106 valence electrons. The minimum Gasteiger partial charge on any atom is -0.482 e. The number of anilines is 1. The van der Waals surface area contributed by atoms with Crippen LogP contribution in [0.3, 0.4) is 0 Å². The van der Waals surface area contributed by atoms with Gasteiger partial charge >= 0.3 is 0 Å². The highest BCUT2D eigenvalue weighted by Gasteiger charge is 2.33. The van der Waals surface area contributed by atoms with Crippen molar-refractivity contribution in [3.8, 4) is 5.75 Å². The van der Waals surface area contributed by atoms with E-state index in [0.29, 0.717) is 23.6 Å². The van der Waals surface area contributed by atoms with Crippen LogP contribution in [0.2, 0.25) is 0 Å². The van der Waals surface area contributed by atoms with Crippen LogP contribution < -0.4 is 10.1 Å². The molecule has 1 N–H and O–H groups in total. The number of nitrogens with one attached hydrogen (secondary N) is 1. The van der Waals surface area contributed by atoms with Gasteiger partial charge in [-0.25, -0.2) is 0 Å². The molecule has 3 rings (SSSR count). The van der Waals surface area contributed by atoms with Crippen molar-refractivity contribution in [1.29, 1.82) is 0 Å². The van der Waals surface area contributed by atoms with Gasteiger partial charge in [-0.05, 0) is 31.0 Å². The standard InChI is InChI=1S/C15H17NO4/c1-2-12-10(5-6-19-12)15(18)9-3-4-13-11(7-9)16-14(17)8-20-13/h3-4,7,10,12H,2,5-6,8H2,1H3,(H,16,17). The van der Waals surface area contributed by atoms with Crippen LogP contribution in [0, 0.1) is 5.92 Å². The number of hydrogen-bond donors (Lipinski definition) is 1. The number of amides is 1. The Bertz CT molecular complexity index is 555. The molecule has 1 amide bonds. The Labute approximate surface area is 117 Å². The monoisotopic (exact) mass is 275 g/mol. The van der Waals surface area contributed by atoms with Gasteiger partial charge in [-0.3, -0.25) is 9.59 Å². The van der Waals surface area contributed by atoms with E-state index in [-0.39, 0.29) is 30.3 Å². The lowest BCUT2D eigenvalue weighted by Gasteiger charge is -2.20. The van der Waals surface area contributed by atoms with Crippen LogP contribution in [0.25, 0.3) is 0 Å². The molecule has 0 aliphatic carbocycles. The number of hydrogen-bond acceptors (Lipinski definition) is 4. The first kappa shape index (κ1) is 13.1. The first-order valence-electron chi connectivity index (χ1n) is 6.91. The molecular weight excluding hydrogens is 258 g/mol. The summed E-state index contributed by atoms with van der Waals surface area (Å²) in [5, 5.41) is 2.72. The minimum absolute atomic E-state index is 0.00405. The summed E-state index contributed by atoms with van der Waals surface area (Å²) < 4.78 is 10.9. The fourth-order valence-electron chi connectivity index (χ4n) is 2.80. The van der Waals surface area contributed by atoms with Gasteiger partial charge in [-0.15, -0.1) is 0 Å². The molecule has 5 nitrogen and oxygen atoms in total. The SMILES string of the molecule is CCC1OCCC1C(=O)c1ccc2c(c1)NC(=O)CO2. The van der Waals surface area contributed by atoms with E-state index in [0.717, 1.165) is 12.8 Å². The van der Waals surface area contributed by atoms with E-state index < -0.39 is 0 Å². The van der Waals surface area contributed by atoms with Crippen LogP contribution in [0.4, 0.5) is 5.69 Å². The van der Waals surface area contributed by atoms with E-state index in [1.807, 2.05) is 6.92 Å². The molecule has 0 spiro atoms. The van der Waals surface area contributed by atoms with Crippen molar-refractivity contribution < 1.29 is 19.1 Å². The van der Waals surface area contributed by atoms with Gasteiger partial charge in [-0.2, -0.15) is 0 Å². The average Bonchev–Trinajstić information content (AvgIpc) is 2.94. The van der Waals surface area contributed by atoms with Crippen molar-refractivity contribution in [3.63, 3.8) is 0 Å². The van der Waals surface area contributed by atoms with E-state index in [1.165, 1.54) is 0 Å². The fourth-order valence-corrected chi connectivity index (χ4v) is 2.80. The van der Waals surface area contributed by atoms with Crippen LogP contribution in [0.1, 0.15) is 30.1 Å². The maximum atomic E-state index is 12.6. The Morgan fingerprint density at radius 1 is 1.45 bits per heavy atom. The van der Waals surface area contributed by atoms with Gasteiger partial charge in [0.1, 0.15) is 5.75 Å². The summed E-state index contributed by atoms with van der Waals surface area (Å²) in [6.45, 7) is 2.69. The Kier molecular flexibility index (Phi) is 3.44. The zero-order valence-electron chi connectivity index (χ0n) is 11.3. The summed E-state index contributed by atoms with van der Waals surface area (Å²) in [5.74, 6) is 0.406. The molecule has 1 saturated heterocycles. The van der Waals surface area contributed by atoms with E-state index >= 15 is 0 Å². The summed E-state index contributed by atoms with van der Waals surface area (Å²) >= 11 is 0. The molecule has 0 aromatic heterocycles. The second-order valence-corrected chi connectivity index (χ2v) is 5.12. The number of carbonyl (C=O) groups excluding carboxylic acids is 2. The predicted molar refractivity (Wildman–Crippen MR) is 73.0 cm³/mol. The van der Waals surface area contributed by atoms with E-state index in [2.05, 4.69) is 5.32 Å². The molecule has 1 fully saturated rings.